The van der Waals surface area contributed by atoms with Crippen LogP contribution in [0.4, 0.5) is 0 Å². The largest absolute Gasteiger partial charge is 0.394 e. The van der Waals surface area contributed by atoms with Crippen LogP contribution < -0.4 is 5.32 Å². The molecule has 4 heteroatoms. The first-order valence-electron chi connectivity index (χ1n) is 5.67. The molecule has 0 fully saturated rings. The summed E-state index contributed by atoms with van der Waals surface area (Å²) in [5, 5.41) is 16.8. The van der Waals surface area contributed by atoms with Gasteiger partial charge in [-0.3, -0.25) is 4.68 Å². The van der Waals surface area contributed by atoms with Crippen LogP contribution in [0.15, 0.2) is 42.6 Å². The first-order chi connectivity index (χ1) is 8.31. The van der Waals surface area contributed by atoms with E-state index in [4.69, 9.17) is 0 Å². The summed E-state index contributed by atoms with van der Waals surface area (Å²) in [4.78, 5) is 0. The van der Waals surface area contributed by atoms with Crippen molar-refractivity contribution in [1.29, 1.82) is 0 Å². The van der Waals surface area contributed by atoms with E-state index in [1.165, 1.54) is 0 Å². The van der Waals surface area contributed by atoms with Crippen LogP contribution in [0.1, 0.15) is 17.3 Å². The molecule has 1 heterocycles. The van der Waals surface area contributed by atoms with Crippen LogP contribution in [0.2, 0.25) is 0 Å². The zero-order valence-electron chi connectivity index (χ0n) is 9.87. The Bertz CT molecular complexity index is 453. The van der Waals surface area contributed by atoms with Gasteiger partial charge >= 0.3 is 0 Å². The zero-order chi connectivity index (χ0) is 12.1. The highest BCUT2D eigenvalue weighted by atomic mass is 16.3. The van der Waals surface area contributed by atoms with E-state index in [1.807, 2.05) is 48.1 Å². The van der Waals surface area contributed by atoms with Crippen LogP contribution >= 0.6 is 0 Å². The Morgan fingerprint density at radius 3 is 2.65 bits per heavy atom. The standard InChI is InChI=1S/C13H17N3O/c1-16-12(7-8-15-16)9-14-13(10-17)11-5-3-2-4-6-11/h2-8,13-14,17H,9-10H2,1H3. The van der Waals surface area contributed by atoms with E-state index in [0.29, 0.717) is 6.54 Å². The average molecular weight is 231 g/mol. The highest BCUT2D eigenvalue weighted by Crippen LogP contribution is 2.12. The van der Waals surface area contributed by atoms with Crippen molar-refractivity contribution in [1.82, 2.24) is 15.1 Å². The van der Waals surface area contributed by atoms with Gasteiger partial charge in [-0.2, -0.15) is 5.10 Å². The average Bonchev–Trinajstić information content (AvgIpc) is 2.77. The van der Waals surface area contributed by atoms with E-state index < -0.39 is 0 Å². The second-order valence-electron chi connectivity index (χ2n) is 3.97. The van der Waals surface area contributed by atoms with E-state index >= 15 is 0 Å². The van der Waals surface area contributed by atoms with Gasteiger partial charge in [-0.05, 0) is 11.6 Å². The molecule has 1 unspecified atom stereocenters. The van der Waals surface area contributed by atoms with Gasteiger partial charge in [0.25, 0.3) is 0 Å². The van der Waals surface area contributed by atoms with Crippen molar-refractivity contribution in [2.45, 2.75) is 12.6 Å². The lowest BCUT2D eigenvalue weighted by Crippen LogP contribution is -2.24. The molecule has 0 bridgehead atoms. The molecular formula is C13H17N3O. The molecule has 0 spiro atoms. The monoisotopic (exact) mass is 231 g/mol. The number of hydrogen-bond acceptors (Lipinski definition) is 3. The lowest BCUT2D eigenvalue weighted by Gasteiger charge is -2.16. The van der Waals surface area contributed by atoms with Gasteiger partial charge in [-0.25, -0.2) is 0 Å². The number of aliphatic hydroxyl groups excluding tert-OH is 1. The van der Waals surface area contributed by atoms with Gasteiger partial charge in [0.05, 0.1) is 18.3 Å². The van der Waals surface area contributed by atoms with Gasteiger partial charge in [-0.15, -0.1) is 0 Å². The molecule has 0 aliphatic carbocycles. The third-order valence-corrected chi connectivity index (χ3v) is 2.84. The molecule has 17 heavy (non-hydrogen) atoms. The fourth-order valence-electron chi connectivity index (χ4n) is 1.78. The quantitative estimate of drug-likeness (QED) is 0.814. The molecule has 0 aliphatic rings. The minimum absolute atomic E-state index is 0.0360. The highest BCUT2D eigenvalue weighted by molar-refractivity contribution is 5.19. The third kappa shape index (κ3) is 2.93. The SMILES string of the molecule is Cn1nccc1CNC(CO)c1ccccc1. The summed E-state index contributed by atoms with van der Waals surface area (Å²) in [7, 11) is 1.91. The summed E-state index contributed by atoms with van der Waals surface area (Å²) >= 11 is 0. The minimum atomic E-state index is -0.0360. The molecule has 2 N–H and O–H groups in total. The van der Waals surface area contributed by atoms with Crippen molar-refractivity contribution in [3.05, 3.63) is 53.9 Å². The molecule has 1 atom stereocenters. The molecule has 1 aromatic carbocycles. The smallest absolute Gasteiger partial charge is 0.0626 e. The van der Waals surface area contributed by atoms with E-state index in [0.717, 1.165) is 11.3 Å². The Kier molecular flexibility index (Phi) is 3.90. The molecule has 0 radical (unpaired) electrons. The van der Waals surface area contributed by atoms with E-state index in [9.17, 15) is 5.11 Å². The summed E-state index contributed by atoms with van der Waals surface area (Å²) in [5.74, 6) is 0. The number of aliphatic hydroxyl groups is 1. The van der Waals surface area contributed by atoms with Gasteiger partial charge in [0, 0.05) is 19.8 Å². The maximum Gasteiger partial charge on any atom is 0.0626 e. The van der Waals surface area contributed by atoms with Crippen LogP contribution in [-0.2, 0) is 13.6 Å². The molecule has 0 saturated heterocycles. The predicted molar refractivity (Wildman–Crippen MR) is 66.3 cm³/mol. The van der Waals surface area contributed by atoms with Crippen molar-refractivity contribution < 1.29 is 5.11 Å². The Labute approximate surface area is 101 Å². The van der Waals surface area contributed by atoms with Gasteiger partial charge in [-0.1, -0.05) is 30.3 Å². The summed E-state index contributed by atoms with van der Waals surface area (Å²) in [6.45, 7) is 0.776. The van der Waals surface area contributed by atoms with Crippen LogP contribution in [-0.4, -0.2) is 21.5 Å². The first-order valence-corrected chi connectivity index (χ1v) is 5.67. The van der Waals surface area contributed by atoms with Gasteiger partial charge in [0.15, 0.2) is 0 Å². The Balaban J connectivity index is 1.99. The van der Waals surface area contributed by atoms with Crippen LogP contribution in [0.5, 0.6) is 0 Å². The summed E-state index contributed by atoms with van der Waals surface area (Å²) in [5.41, 5.74) is 2.19. The summed E-state index contributed by atoms with van der Waals surface area (Å²) in [6, 6.07) is 11.9. The fourth-order valence-corrected chi connectivity index (χ4v) is 1.78. The molecule has 90 valence electrons. The van der Waals surface area contributed by atoms with Gasteiger partial charge < -0.3 is 10.4 Å². The van der Waals surface area contributed by atoms with Crippen LogP contribution in [0, 0.1) is 0 Å². The first kappa shape index (κ1) is 11.8. The lowest BCUT2D eigenvalue weighted by atomic mass is 10.1. The summed E-state index contributed by atoms with van der Waals surface area (Å²) < 4.78 is 1.83. The van der Waals surface area contributed by atoms with E-state index in [2.05, 4.69) is 10.4 Å². The number of benzene rings is 1. The van der Waals surface area contributed by atoms with Crippen molar-refractivity contribution in [2.75, 3.05) is 6.61 Å². The molecule has 1 aromatic heterocycles. The molecule has 0 amide bonds. The molecular weight excluding hydrogens is 214 g/mol. The number of nitrogens with zero attached hydrogens (tertiary/aromatic N) is 2. The Morgan fingerprint density at radius 1 is 1.29 bits per heavy atom. The molecule has 2 aromatic rings. The van der Waals surface area contributed by atoms with Crippen LogP contribution in [0.3, 0.4) is 0 Å². The number of nitrogens with one attached hydrogen (secondary N) is 1. The number of rotatable bonds is 5. The van der Waals surface area contributed by atoms with Gasteiger partial charge in [0.2, 0.25) is 0 Å². The normalized spacial score (nSPS) is 12.6. The maximum atomic E-state index is 9.39. The Hall–Kier alpha value is -1.65. The van der Waals surface area contributed by atoms with Crippen molar-refractivity contribution >= 4 is 0 Å². The summed E-state index contributed by atoms with van der Waals surface area (Å²) in [6.07, 6.45) is 1.77. The number of aromatic nitrogens is 2. The number of hydrogen-bond donors (Lipinski definition) is 2. The van der Waals surface area contributed by atoms with Crippen molar-refractivity contribution in [3.8, 4) is 0 Å². The van der Waals surface area contributed by atoms with Crippen molar-refractivity contribution in [3.63, 3.8) is 0 Å². The van der Waals surface area contributed by atoms with E-state index in [1.54, 1.807) is 6.20 Å². The van der Waals surface area contributed by atoms with Crippen molar-refractivity contribution in [2.24, 2.45) is 7.05 Å². The lowest BCUT2D eigenvalue weighted by molar-refractivity contribution is 0.243. The highest BCUT2D eigenvalue weighted by Gasteiger charge is 2.09. The molecule has 2 rings (SSSR count). The molecule has 0 aliphatic heterocycles. The second kappa shape index (κ2) is 5.61. The Morgan fingerprint density at radius 2 is 2.06 bits per heavy atom. The molecule has 0 saturated carbocycles. The minimum Gasteiger partial charge on any atom is -0.394 e. The van der Waals surface area contributed by atoms with Gasteiger partial charge in [0.1, 0.15) is 0 Å². The second-order valence-corrected chi connectivity index (χ2v) is 3.97. The zero-order valence-corrected chi connectivity index (χ0v) is 9.87. The number of aryl methyl sites for hydroxylation is 1. The fraction of sp³-hybridized carbons (Fsp3) is 0.308. The van der Waals surface area contributed by atoms with E-state index in [-0.39, 0.29) is 12.6 Å². The van der Waals surface area contributed by atoms with Crippen LogP contribution in [0.25, 0.3) is 0 Å². The molecule has 4 nitrogen and oxygen atoms in total. The third-order valence-electron chi connectivity index (χ3n) is 2.84. The topological polar surface area (TPSA) is 50.1 Å². The predicted octanol–water partition coefficient (Wildman–Crippen LogP) is 1.24. The maximum absolute atomic E-state index is 9.39.